The van der Waals surface area contributed by atoms with Gasteiger partial charge < -0.3 is 11.5 Å². The summed E-state index contributed by atoms with van der Waals surface area (Å²) >= 11 is 5.21. The molecule has 0 radical (unpaired) electrons. The van der Waals surface area contributed by atoms with E-state index in [0.717, 1.165) is 0 Å². The second kappa shape index (κ2) is 5.21. The van der Waals surface area contributed by atoms with Crippen molar-refractivity contribution in [2.45, 2.75) is 0 Å². The Labute approximate surface area is 103 Å². The lowest BCUT2D eigenvalue weighted by Gasteiger charge is -2.07. The maximum atomic E-state index is 13.4. The zero-order chi connectivity index (χ0) is 14.0. The summed E-state index contributed by atoms with van der Waals surface area (Å²) in [6, 6.07) is 0. The second-order valence-corrected chi connectivity index (χ2v) is 3.35. The number of rotatable bonds is 3. The fraction of sp³-hybridized carbons (Fsp3) is 0.111. The molecule has 0 aliphatic rings. The number of amidine groups is 1. The van der Waals surface area contributed by atoms with E-state index in [1.54, 1.807) is 0 Å². The summed E-state index contributed by atoms with van der Waals surface area (Å²) in [6.07, 6.45) is 0. The van der Waals surface area contributed by atoms with Crippen LogP contribution in [0.4, 0.5) is 23.2 Å². The molecule has 18 heavy (non-hydrogen) atoms. The van der Waals surface area contributed by atoms with Crippen molar-refractivity contribution in [3.8, 4) is 0 Å². The lowest BCUT2D eigenvalue weighted by Crippen LogP contribution is -2.19. The molecule has 4 N–H and O–H groups in total. The second-order valence-electron chi connectivity index (χ2n) is 3.08. The summed E-state index contributed by atoms with van der Waals surface area (Å²) in [5, 5.41) is 0. The fourth-order valence-corrected chi connectivity index (χ4v) is 1.17. The van der Waals surface area contributed by atoms with Crippen molar-refractivity contribution >= 4 is 29.0 Å². The van der Waals surface area contributed by atoms with E-state index in [4.69, 9.17) is 17.3 Å². The summed E-state index contributed by atoms with van der Waals surface area (Å²) in [5.41, 5.74) is 6.85. The molecule has 0 aliphatic heterocycles. The summed E-state index contributed by atoms with van der Waals surface area (Å²) in [7, 11) is 0. The quantitative estimate of drug-likeness (QED) is 0.290. The number of alkyl halides is 1. The van der Waals surface area contributed by atoms with E-state index in [2.05, 4.69) is 10.7 Å². The third kappa shape index (κ3) is 2.37. The zero-order valence-electron chi connectivity index (χ0n) is 8.61. The first-order valence-electron chi connectivity index (χ1n) is 4.36. The van der Waals surface area contributed by atoms with Crippen LogP contribution < -0.4 is 11.5 Å². The van der Waals surface area contributed by atoms with Gasteiger partial charge in [-0.05, 0) is 0 Å². The first-order valence-corrected chi connectivity index (χ1v) is 4.89. The van der Waals surface area contributed by atoms with Crippen LogP contribution in [0.15, 0.2) is 4.99 Å². The highest BCUT2D eigenvalue weighted by atomic mass is 35.5. The number of hydrogen-bond donors (Lipinski definition) is 2. The van der Waals surface area contributed by atoms with Crippen molar-refractivity contribution in [1.29, 1.82) is 0 Å². The maximum absolute atomic E-state index is 13.4. The standard InChI is InChI=1S/C9H6ClF4N3O/c10-1-2(15)17-8-6(13)4(11)3(9(16)18)5(12)7(8)14/h1H2,(H2,15,17)(H2,16,18). The van der Waals surface area contributed by atoms with Gasteiger partial charge in [-0.1, -0.05) is 0 Å². The van der Waals surface area contributed by atoms with Gasteiger partial charge in [-0.3, -0.25) is 4.79 Å². The van der Waals surface area contributed by atoms with Gasteiger partial charge in [-0.15, -0.1) is 11.6 Å². The molecular formula is C9H6ClF4N3O. The van der Waals surface area contributed by atoms with Gasteiger partial charge in [0.25, 0.3) is 5.91 Å². The average molecular weight is 284 g/mol. The van der Waals surface area contributed by atoms with Crippen LogP contribution in [-0.2, 0) is 0 Å². The van der Waals surface area contributed by atoms with Crippen LogP contribution in [0.3, 0.4) is 0 Å². The average Bonchev–Trinajstić information content (AvgIpc) is 2.31. The van der Waals surface area contributed by atoms with Crippen LogP contribution >= 0.6 is 11.6 Å². The number of amides is 1. The maximum Gasteiger partial charge on any atom is 0.254 e. The number of nitrogens with two attached hydrogens (primary N) is 2. The molecule has 0 atom stereocenters. The number of nitrogens with zero attached hydrogens (tertiary/aromatic N) is 1. The Bertz CT molecular complexity index is 518. The third-order valence-corrected chi connectivity index (χ3v) is 2.15. The molecule has 1 rings (SSSR count). The van der Waals surface area contributed by atoms with E-state index in [1.165, 1.54) is 0 Å². The van der Waals surface area contributed by atoms with Crippen molar-refractivity contribution in [2.75, 3.05) is 5.88 Å². The lowest BCUT2D eigenvalue weighted by molar-refractivity contribution is 0.0990. The van der Waals surface area contributed by atoms with Gasteiger partial charge in [-0.2, -0.15) is 0 Å². The number of aliphatic imine (C=N–C) groups is 1. The van der Waals surface area contributed by atoms with Crippen molar-refractivity contribution in [1.82, 2.24) is 0 Å². The van der Waals surface area contributed by atoms with Crippen molar-refractivity contribution in [3.63, 3.8) is 0 Å². The Hall–Kier alpha value is -1.83. The minimum Gasteiger partial charge on any atom is -0.386 e. The van der Waals surface area contributed by atoms with Crippen LogP contribution in [0.25, 0.3) is 0 Å². The van der Waals surface area contributed by atoms with Crippen LogP contribution in [-0.4, -0.2) is 17.6 Å². The summed E-state index contributed by atoms with van der Waals surface area (Å²) in [4.78, 5) is 13.7. The predicted molar refractivity (Wildman–Crippen MR) is 56.8 cm³/mol. The van der Waals surface area contributed by atoms with E-state index >= 15 is 0 Å². The van der Waals surface area contributed by atoms with E-state index in [0.29, 0.717) is 0 Å². The molecule has 98 valence electrons. The van der Waals surface area contributed by atoms with E-state index < -0.39 is 52.1 Å². The van der Waals surface area contributed by atoms with Crippen LogP contribution in [0.2, 0.25) is 0 Å². The number of carbonyl (C=O) groups excluding carboxylic acids is 1. The Morgan fingerprint density at radius 1 is 1.06 bits per heavy atom. The van der Waals surface area contributed by atoms with E-state index in [9.17, 15) is 22.4 Å². The zero-order valence-corrected chi connectivity index (χ0v) is 9.36. The molecule has 0 saturated heterocycles. The molecule has 1 aromatic rings. The number of primary amides is 1. The minimum absolute atomic E-state index is 0.403. The molecule has 1 aromatic carbocycles. The molecule has 0 heterocycles. The Balaban J connectivity index is 3.64. The van der Waals surface area contributed by atoms with Crippen LogP contribution in [0.5, 0.6) is 0 Å². The monoisotopic (exact) mass is 283 g/mol. The summed E-state index contributed by atoms with van der Waals surface area (Å²) < 4.78 is 53.3. The van der Waals surface area contributed by atoms with Gasteiger partial charge in [-0.25, -0.2) is 22.6 Å². The largest absolute Gasteiger partial charge is 0.386 e. The molecule has 9 heteroatoms. The van der Waals surface area contributed by atoms with E-state index in [-0.39, 0.29) is 0 Å². The van der Waals surface area contributed by atoms with Crippen LogP contribution in [0.1, 0.15) is 10.4 Å². The van der Waals surface area contributed by atoms with Gasteiger partial charge in [0.15, 0.2) is 23.3 Å². The molecular weight excluding hydrogens is 278 g/mol. The smallest absolute Gasteiger partial charge is 0.254 e. The molecule has 4 nitrogen and oxygen atoms in total. The molecule has 1 amide bonds. The molecule has 0 spiro atoms. The fourth-order valence-electron chi connectivity index (χ4n) is 1.11. The number of halogens is 5. The van der Waals surface area contributed by atoms with Gasteiger partial charge in [0.05, 0.1) is 5.88 Å². The molecule has 0 aliphatic carbocycles. The van der Waals surface area contributed by atoms with Crippen molar-refractivity contribution in [2.24, 2.45) is 16.5 Å². The van der Waals surface area contributed by atoms with Crippen molar-refractivity contribution < 1.29 is 22.4 Å². The molecule has 0 bridgehead atoms. The lowest BCUT2D eigenvalue weighted by atomic mass is 10.1. The molecule has 0 aromatic heterocycles. The highest BCUT2D eigenvalue weighted by Crippen LogP contribution is 2.30. The van der Waals surface area contributed by atoms with Crippen LogP contribution in [0, 0.1) is 23.3 Å². The Kier molecular flexibility index (Phi) is 4.12. The normalized spacial score (nSPS) is 11.7. The summed E-state index contributed by atoms with van der Waals surface area (Å²) in [6.45, 7) is 0. The molecule has 0 saturated carbocycles. The number of benzene rings is 1. The minimum atomic E-state index is -1.94. The first-order chi connectivity index (χ1) is 8.31. The van der Waals surface area contributed by atoms with Gasteiger partial charge in [0, 0.05) is 0 Å². The predicted octanol–water partition coefficient (Wildman–Crippen LogP) is 1.57. The van der Waals surface area contributed by atoms with Gasteiger partial charge in [0.2, 0.25) is 0 Å². The van der Waals surface area contributed by atoms with Crippen molar-refractivity contribution in [3.05, 3.63) is 28.8 Å². The highest BCUT2D eigenvalue weighted by molar-refractivity contribution is 6.28. The highest BCUT2D eigenvalue weighted by Gasteiger charge is 2.28. The first kappa shape index (κ1) is 14.2. The Morgan fingerprint density at radius 3 is 1.83 bits per heavy atom. The molecule has 0 unspecified atom stereocenters. The van der Waals surface area contributed by atoms with Gasteiger partial charge >= 0.3 is 0 Å². The van der Waals surface area contributed by atoms with E-state index in [1.807, 2.05) is 0 Å². The topological polar surface area (TPSA) is 81.5 Å². The SMILES string of the molecule is NC(=O)c1c(F)c(F)c(N=C(N)CCl)c(F)c1F. The summed E-state index contributed by atoms with van der Waals surface area (Å²) in [5.74, 6) is -10.2. The number of hydrogen-bond acceptors (Lipinski definition) is 2. The Morgan fingerprint density at radius 2 is 1.50 bits per heavy atom. The third-order valence-electron chi connectivity index (χ3n) is 1.88. The van der Waals surface area contributed by atoms with Gasteiger partial charge in [0.1, 0.15) is 17.1 Å². The number of carbonyl (C=O) groups is 1. The molecule has 0 fully saturated rings.